The van der Waals surface area contributed by atoms with Gasteiger partial charge in [-0.2, -0.15) is 0 Å². The third kappa shape index (κ3) is 3.81. The summed E-state index contributed by atoms with van der Waals surface area (Å²) in [6.07, 6.45) is 1.33. The van der Waals surface area contributed by atoms with Crippen LogP contribution in [0.25, 0.3) is 0 Å². The fraction of sp³-hybridized carbons (Fsp3) is 0.500. The van der Waals surface area contributed by atoms with Gasteiger partial charge in [0.2, 0.25) is 0 Å². The van der Waals surface area contributed by atoms with Gasteiger partial charge < -0.3 is 15.0 Å². The second-order valence-corrected chi connectivity index (χ2v) is 4.24. The van der Waals surface area contributed by atoms with Gasteiger partial charge in [-0.05, 0) is 15.9 Å². The highest BCUT2D eigenvalue weighted by atomic mass is 79.9. The predicted octanol–water partition coefficient (Wildman–Crippen LogP) is 1.20. The number of hydrogen-bond acceptors (Lipinski definition) is 4. The Balaban J connectivity index is 2.58. The number of hydrogen-bond donors (Lipinski definition) is 2. The molecule has 0 aliphatic heterocycles. The summed E-state index contributed by atoms with van der Waals surface area (Å²) in [5.74, 6) is 0.473. The number of nitrogens with zero attached hydrogens (tertiary/aromatic N) is 1. The molecule has 5 nitrogen and oxygen atoms in total. The molecule has 0 spiro atoms. The third-order valence-electron chi connectivity index (χ3n) is 1.64. The van der Waals surface area contributed by atoms with Gasteiger partial charge in [-0.15, -0.1) is 11.6 Å². The van der Waals surface area contributed by atoms with E-state index < -0.39 is 0 Å². The Labute approximate surface area is 100 Å². The van der Waals surface area contributed by atoms with Crippen LogP contribution in [0.1, 0.15) is 0 Å². The second kappa shape index (κ2) is 6.09. The standard InChI is InChI=1S/C8H11BrClN3O2/c1-15-3-5(10)2-11-7-6(9)8(14)13-4-12-7/h4-5H,2-3H2,1H3,(H2,11,12,13,14). The maximum atomic E-state index is 11.2. The number of rotatable bonds is 5. The van der Waals surface area contributed by atoms with E-state index in [4.69, 9.17) is 16.3 Å². The molecule has 0 amide bonds. The molecule has 1 aromatic heterocycles. The second-order valence-electron chi connectivity index (χ2n) is 2.83. The van der Waals surface area contributed by atoms with Crippen molar-refractivity contribution < 1.29 is 4.74 Å². The Morgan fingerprint density at radius 3 is 3.20 bits per heavy atom. The number of aromatic nitrogens is 2. The van der Waals surface area contributed by atoms with Crippen LogP contribution in [0.2, 0.25) is 0 Å². The first-order valence-electron chi connectivity index (χ1n) is 4.25. The van der Waals surface area contributed by atoms with Gasteiger partial charge in [0.25, 0.3) is 5.56 Å². The van der Waals surface area contributed by atoms with Crippen molar-refractivity contribution in [3.8, 4) is 0 Å². The lowest BCUT2D eigenvalue weighted by Gasteiger charge is -2.10. The summed E-state index contributed by atoms with van der Waals surface area (Å²) in [5, 5.41) is 2.78. The molecule has 7 heteroatoms. The Morgan fingerprint density at radius 1 is 1.80 bits per heavy atom. The molecule has 0 aliphatic rings. The zero-order chi connectivity index (χ0) is 11.3. The molecule has 0 saturated heterocycles. The van der Waals surface area contributed by atoms with Crippen LogP contribution < -0.4 is 10.9 Å². The summed E-state index contributed by atoms with van der Waals surface area (Å²) in [6, 6.07) is 0. The molecule has 0 saturated carbocycles. The van der Waals surface area contributed by atoms with E-state index in [0.29, 0.717) is 23.4 Å². The number of H-pyrrole nitrogens is 1. The number of nitrogens with one attached hydrogen (secondary N) is 2. The van der Waals surface area contributed by atoms with E-state index in [1.807, 2.05) is 0 Å². The summed E-state index contributed by atoms with van der Waals surface area (Å²) >= 11 is 9.03. The van der Waals surface area contributed by atoms with Crippen LogP contribution in [0.15, 0.2) is 15.6 Å². The number of alkyl halides is 1. The molecule has 1 atom stereocenters. The van der Waals surface area contributed by atoms with E-state index >= 15 is 0 Å². The summed E-state index contributed by atoms with van der Waals surface area (Å²) in [6.45, 7) is 0.916. The SMILES string of the molecule is COCC(Cl)CNc1nc[nH]c(=O)c1Br. The monoisotopic (exact) mass is 295 g/mol. The molecule has 0 bridgehead atoms. The summed E-state index contributed by atoms with van der Waals surface area (Å²) < 4.78 is 5.24. The Morgan fingerprint density at radius 2 is 2.53 bits per heavy atom. The molecule has 0 fully saturated rings. The first kappa shape index (κ1) is 12.5. The van der Waals surface area contributed by atoms with Crippen LogP contribution in [0, 0.1) is 0 Å². The van der Waals surface area contributed by atoms with Gasteiger partial charge >= 0.3 is 0 Å². The first-order chi connectivity index (χ1) is 7.15. The molecule has 1 heterocycles. The fourth-order valence-electron chi connectivity index (χ4n) is 0.953. The predicted molar refractivity (Wildman–Crippen MR) is 62.6 cm³/mol. The maximum absolute atomic E-state index is 11.2. The van der Waals surface area contributed by atoms with Crippen molar-refractivity contribution in [1.29, 1.82) is 0 Å². The molecule has 1 unspecified atom stereocenters. The lowest BCUT2D eigenvalue weighted by atomic mass is 10.4. The minimum atomic E-state index is -0.231. The highest BCUT2D eigenvalue weighted by molar-refractivity contribution is 9.10. The fourth-order valence-corrected chi connectivity index (χ4v) is 1.51. The number of aromatic amines is 1. The summed E-state index contributed by atoms with van der Waals surface area (Å²) in [7, 11) is 1.58. The van der Waals surface area contributed by atoms with Gasteiger partial charge in [-0.25, -0.2) is 4.98 Å². The maximum Gasteiger partial charge on any atom is 0.267 e. The van der Waals surface area contributed by atoms with Crippen molar-refractivity contribution in [2.24, 2.45) is 0 Å². The smallest absolute Gasteiger partial charge is 0.267 e. The molecular formula is C8H11BrClN3O2. The van der Waals surface area contributed by atoms with E-state index in [9.17, 15) is 4.79 Å². The van der Waals surface area contributed by atoms with Crippen molar-refractivity contribution in [2.45, 2.75) is 5.38 Å². The molecule has 2 N–H and O–H groups in total. The van der Waals surface area contributed by atoms with Crippen molar-refractivity contribution in [3.05, 3.63) is 21.2 Å². The van der Waals surface area contributed by atoms with Crippen LogP contribution >= 0.6 is 27.5 Å². The van der Waals surface area contributed by atoms with Crippen molar-refractivity contribution in [3.63, 3.8) is 0 Å². The lowest BCUT2D eigenvalue weighted by molar-refractivity contribution is 0.200. The minimum absolute atomic E-state index is 0.164. The highest BCUT2D eigenvalue weighted by Gasteiger charge is 2.07. The lowest BCUT2D eigenvalue weighted by Crippen LogP contribution is -2.21. The van der Waals surface area contributed by atoms with Crippen LogP contribution in [-0.4, -0.2) is 35.6 Å². The number of halogens is 2. The van der Waals surface area contributed by atoms with Crippen molar-refractivity contribution in [1.82, 2.24) is 9.97 Å². The van der Waals surface area contributed by atoms with E-state index in [1.165, 1.54) is 6.33 Å². The molecule has 0 aromatic carbocycles. The molecule has 1 rings (SSSR count). The van der Waals surface area contributed by atoms with Gasteiger partial charge in [0.15, 0.2) is 0 Å². The highest BCUT2D eigenvalue weighted by Crippen LogP contribution is 2.13. The van der Waals surface area contributed by atoms with E-state index in [2.05, 4.69) is 31.2 Å². The number of anilines is 1. The Hall–Kier alpha value is -0.590. The average molecular weight is 297 g/mol. The van der Waals surface area contributed by atoms with Crippen molar-refractivity contribution >= 4 is 33.3 Å². The zero-order valence-corrected chi connectivity index (χ0v) is 10.4. The molecule has 84 valence electrons. The average Bonchev–Trinajstić information content (AvgIpc) is 2.21. The molecule has 0 aliphatic carbocycles. The van der Waals surface area contributed by atoms with Gasteiger partial charge in [0, 0.05) is 13.7 Å². The number of methoxy groups -OCH3 is 1. The molecule has 15 heavy (non-hydrogen) atoms. The summed E-state index contributed by atoms with van der Waals surface area (Å²) in [5.41, 5.74) is -0.231. The largest absolute Gasteiger partial charge is 0.383 e. The van der Waals surface area contributed by atoms with E-state index in [-0.39, 0.29) is 10.9 Å². The van der Waals surface area contributed by atoms with Crippen LogP contribution in [0.3, 0.4) is 0 Å². The minimum Gasteiger partial charge on any atom is -0.383 e. The Kier molecular flexibility index (Phi) is 5.07. The van der Waals surface area contributed by atoms with E-state index in [1.54, 1.807) is 7.11 Å². The van der Waals surface area contributed by atoms with Gasteiger partial charge in [-0.3, -0.25) is 4.79 Å². The van der Waals surface area contributed by atoms with Crippen LogP contribution in [0.5, 0.6) is 0 Å². The van der Waals surface area contributed by atoms with Gasteiger partial charge in [0.05, 0.1) is 18.3 Å². The van der Waals surface area contributed by atoms with Crippen LogP contribution in [0.4, 0.5) is 5.82 Å². The van der Waals surface area contributed by atoms with E-state index in [0.717, 1.165) is 0 Å². The number of ether oxygens (including phenoxy) is 1. The third-order valence-corrected chi connectivity index (χ3v) is 2.65. The normalized spacial score (nSPS) is 12.5. The Bertz CT molecular complexity index is 371. The molecular weight excluding hydrogens is 285 g/mol. The molecule has 0 radical (unpaired) electrons. The first-order valence-corrected chi connectivity index (χ1v) is 5.48. The van der Waals surface area contributed by atoms with Crippen LogP contribution in [-0.2, 0) is 4.74 Å². The van der Waals surface area contributed by atoms with Gasteiger partial charge in [-0.1, -0.05) is 0 Å². The topological polar surface area (TPSA) is 67.0 Å². The van der Waals surface area contributed by atoms with Crippen molar-refractivity contribution in [2.75, 3.05) is 25.6 Å². The van der Waals surface area contributed by atoms with Gasteiger partial charge in [0.1, 0.15) is 10.3 Å². The zero-order valence-electron chi connectivity index (χ0n) is 8.09. The molecule has 1 aromatic rings. The quantitative estimate of drug-likeness (QED) is 0.801. The summed E-state index contributed by atoms with van der Waals surface area (Å²) in [4.78, 5) is 17.6.